The highest BCUT2D eigenvalue weighted by atomic mass is 16.5. The van der Waals surface area contributed by atoms with E-state index in [-0.39, 0.29) is 5.75 Å². The second-order valence-electron chi connectivity index (χ2n) is 4.95. The van der Waals surface area contributed by atoms with Crippen LogP contribution in [0, 0.1) is 0 Å². The molecule has 0 aliphatic rings. The Morgan fingerprint density at radius 1 is 1.13 bits per heavy atom. The maximum atomic E-state index is 11.4. The Morgan fingerprint density at radius 3 is 2.65 bits per heavy atom. The molecule has 0 amide bonds. The van der Waals surface area contributed by atoms with E-state index in [2.05, 4.69) is 4.98 Å². The SMILES string of the molecule is COc1cc(-c2ccc(O)c3ncccc23)cc(C=O)c1OC. The van der Waals surface area contributed by atoms with Crippen LogP contribution in [0.2, 0.25) is 0 Å². The molecular formula is C18H15NO4. The molecule has 3 rings (SSSR count). The van der Waals surface area contributed by atoms with Gasteiger partial charge in [-0.1, -0.05) is 6.07 Å². The van der Waals surface area contributed by atoms with Crippen LogP contribution >= 0.6 is 0 Å². The van der Waals surface area contributed by atoms with E-state index in [0.29, 0.717) is 22.6 Å². The van der Waals surface area contributed by atoms with Crippen LogP contribution in [0.5, 0.6) is 17.2 Å². The molecule has 0 spiro atoms. The van der Waals surface area contributed by atoms with Crippen molar-refractivity contribution in [3.63, 3.8) is 0 Å². The Morgan fingerprint density at radius 2 is 1.96 bits per heavy atom. The number of phenolic OH excluding ortho intramolecular Hbond substituents is 1. The zero-order valence-corrected chi connectivity index (χ0v) is 12.7. The van der Waals surface area contributed by atoms with Crippen LogP contribution < -0.4 is 9.47 Å². The van der Waals surface area contributed by atoms with Gasteiger partial charge in [-0.25, -0.2) is 0 Å². The first-order valence-electron chi connectivity index (χ1n) is 6.98. The van der Waals surface area contributed by atoms with Crippen LogP contribution in [0.15, 0.2) is 42.6 Å². The van der Waals surface area contributed by atoms with Crippen LogP contribution in [0.4, 0.5) is 0 Å². The molecule has 0 atom stereocenters. The van der Waals surface area contributed by atoms with E-state index in [4.69, 9.17) is 9.47 Å². The van der Waals surface area contributed by atoms with Crippen molar-refractivity contribution in [3.8, 4) is 28.4 Å². The molecule has 0 aliphatic heterocycles. The Balaban J connectivity index is 2.31. The molecule has 116 valence electrons. The largest absolute Gasteiger partial charge is 0.506 e. The number of methoxy groups -OCH3 is 2. The van der Waals surface area contributed by atoms with Gasteiger partial charge in [0.1, 0.15) is 11.3 Å². The Hall–Kier alpha value is -3.08. The van der Waals surface area contributed by atoms with Crippen molar-refractivity contribution in [3.05, 3.63) is 48.2 Å². The first-order valence-corrected chi connectivity index (χ1v) is 6.98. The van der Waals surface area contributed by atoms with Crippen LogP contribution in [0.3, 0.4) is 0 Å². The number of hydrogen-bond acceptors (Lipinski definition) is 5. The average molecular weight is 309 g/mol. The number of carbonyl (C=O) groups is 1. The molecule has 0 saturated carbocycles. The molecule has 5 heteroatoms. The van der Waals surface area contributed by atoms with Gasteiger partial charge in [0.2, 0.25) is 0 Å². The molecule has 1 aromatic heterocycles. The van der Waals surface area contributed by atoms with E-state index in [1.165, 1.54) is 14.2 Å². The number of phenols is 1. The molecule has 0 saturated heterocycles. The van der Waals surface area contributed by atoms with Gasteiger partial charge in [0.15, 0.2) is 17.8 Å². The van der Waals surface area contributed by atoms with E-state index in [0.717, 1.165) is 22.8 Å². The quantitative estimate of drug-likeness (QED) is 0.748. The van der Waals surface area contributed by atoms with Gasteiger partial charge in [0.25, 0.3) is 0 Å². The lowest BCUT2D eigenvalue weighted by Gasteiger charge is -2.14. The molecule has 0 unspecified atom stereocenters. The number of ether oxygens (including phenoxy) is 2. The van der Waals surface area contributed by atoms with Gasteiger partial charge in [-0.2, -0.15) is 0 Å². The first kappa shape index (κ1) is 14.8. The molecule has 23 heavy (non-hydrogen) atoms. The van der Waals surface area contributed by atoms with Crippen LogP contribution in [0.25, 0.3) is 22.0 Å². The topological polar surface area (TPSA) is 68.7 Å². The van der Waals surface area contributed by atoms with Gasteiger partial charge in [-0.05, 0) is 41.5 Å². The third-order valence-electron chi connectivity index (χ3n) is 3.69. The molecular weight excluding hydrogens is 294 g/mol. The van der Waals surface area contributed by atoms with E-state index in [9.17, 15) is 9.90 Å². The second kappa shape index (κ2) is 5.96. The van der Waals surface area contributed by atoms with Gasteiger partial charge >= 0.3 is 0 Å². The summed E-state index contributed by atoms with van der Waals surface area (Å²) in [7, 11) is 3.01. The average Bonchev–Trinajstić information content (AvgIpc) is 2.61. The molecule has 2 aromatic carbocycles. The molecule has 0 radical (unpaired) electrons. The first-order chi connectivity index (χ1) is 11.2. The number of carbonyl (C=O) groups excluding carboxylic acids is 1. The predicted molar refractivity (Wildman–Crippen MR) is 87.3 cm³/mol. The minimum Gasteiger partial charge on any atom is -0.506 e. The highest BCUT2D eigenvalue weighted by Gasteiger charge is 2.15. The zero-order valence-electron chi connectivity index (χ0n) is 12.7. The summed E-state index contributed by atoms with van der Waals surface area (Å²) in [4.78, 5) is 15.6. The van der Waals surface area contributed by atoms with Crippen molar-refractivity contribution >= 4 is 17.2 Å². The highest BCUT2D eigenvalue weighted by molar-refractivity contribution is 5.99. The Labute approximate surface area is 133 Å². The fourth-order valence-corrected chi connectivity index (χ4v) is 2.65. The van der Waals surface area contributed by atoms with Crippen molar-refractivity contribution in [2.75, 3.05) is 14.2 Å². The third kappa shape index (κ3) is 2.46. The Kier molecular flexibility index (Phi) is 3.85. The lowest BCUT2D eigenvalue weighted by Crippen LogP contribution is -1.96. The lowest BCUT2D eigenvalue weighted by molar-refractivity contribution is 0.112. The number of fused-ring (bicyclic) bond motifs is 1. The molecule has 1 heterocycles. The zero-order chi connectivity index (χ0) is 16.4. The maximum Gasteiger partial charge on any atom is 0.171 e. The van der Waals surface area contributed by atoms with Crippen molar-refractivity contribution in [2.45, 2.75) is 0 Å². The lowest BCUT2D eigenvalue weighted by atomic mass is 9.98. The number of aromatic nitrogens is 1. The number of nitrogens with zero attached hydrogens (tertiary/aromatic N) is 1. The summed E-state index contributed by atoms with van der Waals surface area (Å²) in [6.45, 7) is 0. The minimum absolute atomic E-state index is 0.112. The summed E-state index contributed by atoms with van der Waals surface area (Å²) < 4.78 is 10.6. The van der Waals surface area contributed by atoms with E-state index >= 15 is 0 Å². The normalized spacial score (nSPS) is 10.5. The summed E-state index contributed by atoms with van der Waals surface area (Å²) in [5.74, 6) is 0.977. The van der Waals surface area contributed by atoms with Crippen molar-refractivity contribution in [1.29, 1.82) is 0 Å². The molecule has 3 aromatic rings. The third-order valence-corrected chi connectivity index (χ3v) is 3.69. The second-order valence-corrected chi connectivity index (χ2v) is 4.95. The summed E-state index contributed by atoms with van der Waals surface area (Å²) in [6, 6.07) is 10.6. The molecule has 0 fully saturated rings. The number of rotatable bonds is 4. The van der Waals surface area contributed by atoms with Crippen molar-refractivity contribution in [1.82, 2.24) is 4.98 Å². The van der Waals surface area contributed by atoms with Crippen molar-refractivity contribution < 1.29 is 19.4 Å². The number of hydrogen-bond donors (Lipinski definition) is 1. The fourth-order valence-electron chi connectivity index (χ4n) is 2.65. The minimum atomic E-state index is 0.112. The van der Waals surface area contributed by atoms with E-state index in [1.54, 1.807) is 36.5 Å². The number of aldehydes is 1. The van der Waals surface area contributed by atoms with Gasteiger partial charge < -0.3 is 14.6 Å². The molecule has 0 aliphatic carbocycles. The standard InChI is InChI=1S/C18H15NO4/c1-22-16-9-11(8-12(10-20)18(16)23-2)13-5-6-15(21)17-14(13)4-3-7-19-17/h3-10,21H,1-2H3. The number of benzene rings is 2. The number of pyridine rings is 1. The van der Waals surface area contributed by atoms with Gasteiger partial charge in [-0.15, -0.1) is 0 Å². The smallest absolute Gasteiger partial charge is 0.171 e. The predicted octanol–water partition coefficient (Wildman–Crippen LogP) is 3.44. The van der Waals surface area contributed by atoms with Crippen LogP contribution in [-0.4, -0.2) is 30.6 Å². The summed E-state index contributed by atoms with van der Waals surface area (Å²) in [5.41, 5.74) is 2.53. The highest BCUT2D eigenvalue weighted by Crippen LogP contribution is 2.39. The van der Waals surface area contributed by atoms with Crippen molar-refractivity contribution in [2.24, 2.45) is 0 Å². The molecule has 1 N–H and O–H groups in total. The van der Waals surface area contributed by atoms with E-state index in [1.807, 2.05) is 6.07 Å². The molecule has 5 nitrogen and oxygen atoms in total. The van der Waals surface area contributed by atoms with Gasteiger partial charge in [-0.3, -0.25) is 9.78 Å². The Bertz CT molecular complexity index is 890. The fraction of sp³-hybridized carbons (Fsp3) is 0.111. The number of aromatic hydroxyl groups is 1. The molecule has 0 bridgehead atoms. The van der Waals surface area contributed by atoms with Crippen LogP contribution in [-0.2, 0) is 0 Å². The van der Waals surface area contributed by atoms with Gasteiger partial charge in [0.05, 0.1) is 19.8 Å². The van der Waals surface area contributed by atoms with Gasteiger partial charge in [0, 0.05) is 11.6 Å². The monoisotopic (exact) mass is 309 g/mol. The summed E-state index contributed by atoms with van der Waals surface area (Å²) in [5, 5.41) is 10.8. The van der Waals surface area contributed by atoms with Crippen LogP contribution in [0.1, 0.15) is 10.4 Å². The maximum absolute atomic E-state index is 11.4. The summed E-state index contributed by atoms with van der Waals surface area (Å²) >= 11 is 0. The summed E-state index contributed by atoms with van der Waals surface area (Å²) in [6.07, 6.45) is 2.35. The van der Waals surface area contributed by atoms with E-state index < -0.39 is 0 Å².